The van der Waals surface area contributed by atoms with Gasteiger partial charge in [-0.1, -0.05) is 0 Å². The number of hydrogen-bond donors (Lipinski definition) is 0. The van der Waals surface area contributed by atoms with Crippen LogP contribution in [0.25, 0.3) is 0 Å². The predicted octanol–water partition coefficient (Wildman–Crippen LogP) is 0.835. The minimum absolute atomic E-state index is 0.0625. The molecule has 2 heterocycles. The average molecular weight is 208 g/mol. The van der Waals surface area contributed by atoms with Gasteiger partial charge in [-0.05, 0) is 18.6 Å². The second-order valence-electron chi connectivity index (χ2n) is 3.49. The van der Waals surface area contributed by atoms with Gasteiger partial charge in [-0.15, -0.1) is 0 Å². The van der Waals surface area contributed by atoms with Gasteiger partial charge in [0.1, 0.15) is 0 Å². The molecule has 0 bridgehead atoms. The van der Waals surface area contributed by atoms with Gasteiger partial charge in [0, 0.05) is 0 Å². The maximum absolute atomic E-state index is 12.7. The Balaban J connectivity index is 2.38. The second kappa shape index (κ2) is 3.42. The third-order valence-electron chi connectivity index (χ3n) is 2.32. The van der Waals surface area contributed by atoms with Gasteiger partial charge in [0.2, 0.25) is 11.9 Å². The highest BCUT2D eigenvalue weighted by atomic mass is 19.1. The van der Waals surface area contributed by atoms with Crippen molar-refractivity contribution >= 4 is 17.4 Å². The first-order valence-corrected chi connectivity index (χ1v) is 4.52. The van der Waals surface area contributed by atoms with Crippen LogP contribution in [0.2, 0.25) is 0 Å². The molecule has 0 aliphatic carbocycles. The topological polar surface area (TPSA) is 50.3 Å². The maximum Gasteiger partial charge on any atom is 0.234 e. The average Bonchev–Trinajstić information content (AvgIpc) is 2.45. The van der Waals surface area contributed by atoms with Crippen LogP contribution in [0, 0.1) is 12.9 Å². The zero-order valence-electron chi connectivity index (χ0n) is 8.16. The SMILES string of the molecule is Cc1cc(F)ncc1N1CC(=O)CC1=O. The highest BCUT2D eigenvalue weighted by molar-refractivity contribution is 6.15. The molecule has 1 aliphatic heterocycles. The van der Waals surface area contributed by atoms with Crippen molar-refractivity contribution in [2.24, 2.45) is 0 Å². The van der Waals surface area contributed by atoms with Gasteiger partial charge in [0.05, 0.1) is 24.8 Å². The van der Waals surface area contributed by atoms with Gasteiger partial charge in [0.25, 0.3) is 0 Å². The van der Waals surface area contributed by atoms with E-state index in [0.717, 1.165) is 0 Å². The van der Waals surface area contributed by atoms with E-state index in [1.54, 1.807) is 6.92 Å². The molecule has 5 heteroatoms. The fourth-order valence-corrected chi connectivity index (χ4v) is 1.60. The quantitative estimate of drug-likeness (QED) is 0.507. The van der Waals surface area contributed by atoms with Gasteiger partial charge in [-0.3, -0.25) is 9.59 Å². The number of rotatable bonds is 1. The standard InChI is InChI=1S/C10H9FN2O2/c1-6-2-9(11)12-4-8(6)13-5-7(14)3-10(13)15/h2,4H,3,5H2,1H3. The second-order valence-corrected chi connectivity index (χ2v) is 3.49. The summed E-state index contributed by atoms with van der Waals surface area (Å²) >= 11 is 0. The van der Waals surface area contributed by atoms with Crippen LogP contribution >= 0.6 is 0 Å². The Morgan fingerprint density at radius 1 is 1.47 bits per heavy atom. The molecule has 1 saturated heterocycles. The van der Waals surface area contributed by atoms with Crippen LogP contribution in [-0.4, -0.2) is 23.2 Å². The molecule has 1 amide bonds. The summed E-state index contributed by atoms with van der Waals surface area (Å²) in [5.41, 5.74) is 1.11. The van der Waals surface area contributed by atoms with Crippen LogP contribution in [0.1, 0.15) is 12.0 Å². The first-order valence-electron chi connectivity index (χ1n) is 4.52. The molecule has 0 radical (unpaired) electrons. The summed E-state index contributed by atoms with van der Waals surface area (Å²) < 4.78 is 12.7. The van der Waals surface area contributed by atoms with Gasteiger partial charge in [0.15, 0.2) is 5.78 Å². The van der Waals surface area contributed by atoms with E-state index in [0.29, 0.717) is 11.3 Å². The minimum atomic E-state index is -0.589. The van der Waals surface area contributed by atoms with Crippen molar-refractivity contribution in [3.63, 3.8) is 0 Å². The summed E-state index contributed by atoms with van der Waals surface area (Å²) in [5, 5.41) is 0. The number of amides is 1. The molecular weight excluding hydrogens is 199 g/mol. The van der Waals surface area contributed by atoms with Gasteiger partial charge < -0.3 is 4.90 Å². The van der Waals surface area contributed by atoms with Gasteiger partial charge >= 0.3 is 0 Å². The molecule has 1 aliphatic rings. The van der Waals surface area contributed by atoms with Crippen LogP contribution in [0.5, 0.6) is 0 Å². The highest BCUT2D eigenvalue weighted by Gasteiger charge is 2.29. The lowest BCUT2D eigenvalue weighted by molar-refractivity contribution is -0.121. The van der Waals surface area contributed by atoms with E-state index in [1.165, 1.54) is 17.2 Å². The zero-order valence-corrected chi connectivity index (χ0v) is 8.16. The molecule has 1 aromatic rings. The molecule has 0 spiro atoms. The molecule has 0 N–H and O–H groups in total. The molecular formula is C10H9FN2O2. The van der Waals surface area contributed by atoms with Gasteiger partial charge in [-0.2, -0.15) is 4.39 Å². The Morgan fingerprint density at radius 3 is 2.73 bits per heavy atom. The summed E-state index contributed by atoms with van der Waals surface area (Å²) in [6.45, 7) is 1.74. The predicted molar refractivity (Wildman–Crippen MR) is 50.9 cm³/mol. The lowest BCUT2D eigenvalue weighted by atomic mass is 10.2. The molecule has 78 valence electrons. The largest absolute Gasteiger partial charge is 0.303 e. The molecule has 1 aromatic heterocycles. The fourth-order valence-electron chi connectivity index (χ4n) is 1.60. The van der Waals surface area contributed by atoms with Gasteiger partial charge in [-0.25, -0.2) is 4.98 Å². The van der Waals surface area contributed by atoms with E-state index in [9.17, 15) is 14.0 Å². The number of carbonyl (C=O) groups excluding carboxylic acids is 2. The number of aromatic nitrogens is 1. The number of halogens is 1. The van der Waals surface area contributed by atoms with E-state index in [2.05, 4.69) is 4.98 Å². The van der Waals surface area contributed by atoms with Crippen molar-refractivity contribution in [3.05, 3.63) is 23.8 Å². The van der Waals surface area contributed by atoms with Crippen molar-refractivity contribution in [2.75, 3.05) is 11.4 Å². The van der Waals surface area contributed by atoms with Crippen LogP contribution in [0.4, 0.5) is 10.1 Å². The van der Waals surface area contributed by atoms with Crippen molar-refractivity contribution < 1.29 is 14.0 Å². The number of Topliss-reactive ketones (excluding diaryl/α,β-unsaturated/α-hetero) is 1. The van der Waals surface area contributed by atoms with E-state index < -0.39 is 5.95 Å². The van der Waals surface area contributed by atoms with Crippen LogP contribution < -0.4 is 4.90 Å². The molecule has 2 rings (SSSR count). The lowest BCUT2D eigenvalue weighted by Gasteiger charge is -2.16. The monoisotopic (exact) mass is 208 g/mol. The Hall–Kier alpha value is -1.78. The zero-order chi connectivity index (χ0) is 11.0. The number of carbonyl (C=O) groups is 2. The normalized spacial score (nSPS) is 16.3. The summed E-state index contributed by atoms with van der Waals surface area (Å²) in [6.07, 6.45) is 1.21. The first-order chi connectivity index (χ1) is 7.08. The summed E-state index contributed by atoms with van der Waals surface area (Å²) in [6, 6.07) is 1.24. The third kappa shape index (κ3) is 1.72. The van der Waals surface area contributed by atoms with E-state index in [-0.39, 0.29) is 24.7 Å². The van der Waals surface area contributed by atoms with Crippen LogP contribution in [-0.2, 0) is 9.59 Å². The van der Waals surface area contributed by atoms with Crippen molar-refractivity contribution in [1.82, 2.24) is 4.98 Å². The molecule has 0 unspecified atom stereocenters. The number of anilines is 1. The molecule has 4 nitrogen and oxygen atoms in total. The Labute approximate surface area is 85.7 Å². The summed E-state index contributed by atoms with van der Waals surface area (Å²) in [7, 11) is 0. The fraction of sp³-hybridized carbons (Fsp3) is 0.300. The Bertz CT molecular complexity index is 445. The Morgan fingerprint density at radius 2 is 2.20 bits per heavy atom. The minimum Gasteiger partial charge on any atom is -0.303 e. The third-order valence-corrected chi connectivity index (χ3v) is 2.32. The first kappa shape index (κ1) is 9.76. The summed E-state index contributed by atoms with van der Waals surface area (Å²) in [5.74, 6) is -0.963. The number of hydrogen-bond acceptors (Lipinski definition) is 3. The number of nitrogens with zero attached hydrogens (tertiary/aromatic N) is 2. The van der Waals surface area contributed by atoms with E-state index >= 15 is 0 Å². The molecule has 15 heavy (non-hydrogen) atoms. The van der Waals surface area contributed by atoms with Crippen molar-refractivity contribution in [1.29, 1.82) is 0 Å². The summed E-state index contributed by atoms with van der Waals surface area (Å²) in [4.78, 5) is 27.3. The van der Waals surface area contributed by atoms with Crippen LogP contribution in [0.3, 0.4) is 0 Å². The smallest absolute Gasteiger partial charge is 0.234 e. The Kier molecular flexibility index (Phi) is 2.22. The van der Waals surface area contributed by atoms with Crippen molar-refractivity contribution in [2.45, 2.75) is 13.3 Å². The molecule has 0 saturated carbocycles. The number of ketones is 1. The maximum atomic E-state index is 12.7. The lowest BCUT2D eigenvalue weighted by Crippen LogP contribution is -2.25. The van der Waals surface area contributed by atoms with E-state index in [1.807, 2.05) is 0 Å². The van der Waals surface area contributed by atoms with Crippen molar-refractivity contribution in [3.8, 4) is 0 Å². The number of pyridine rings is 1. The molecule has 1 fully saturated rings. The highest BCUT2D eigenvalue weighted by Crippen LogP contribution is 2.22. The molecule has 0 atom stereocenters. The molecule has 0 aromatic carbocycles. The van der Waals surface area contributed by atoms with Crippen LogP contribution in [0.15, 0.2) is 12.3 Å². The number of aryl methyl sites for hydroxylation is 1. The van der Waals surface area contributed by atoms with E-state index in [4.69, 9.17) is 0 Å².